The van der Waals surface area contributed by atoms with Crippen LogP contribution in [-0.2, 0) is 25.6 Å². The van der Waals surface area contributed by atoms with E-state index in [9.17, 15) is 9.90 Å². The summed E-state index contributed by atoms with van der Waals surface area (Å²) in [7, 11) is 0. The van der Waals surface area contributed by atoms with Crippen molar-refractivity contribution in [1.82, 2.24) is 0 Å². The summed E-state index contributed by atoms with van der Waals surface area (Å²) >= 11 is 0. The molecule has 0 aliphatic carbocycles. The highest BCUT2D eigenvalue weighted by molar-refractivity contribution is 5.75. The van der Waals surface area contributed by atoms with Crippen molar-refractivity contribution in [2.45, 2.75) is 78.5 Å². The molecule has 0 bridgehead atoms. The third kappa shape index (κ3) is 6.30. The van der Waals surface area contributed by atoms with Crippen molar-refractivity contribution in [3.8, 4) is 0 Å². The van der Waals surface area contributed by atoms with Crippen molar-refractivity contribution in [3.63, 3.8) is 0 Å². The standard InChI is InChI=1S/C22H34O5/c1-6-17(23)12-18-15(2)20(25-13-16-10-8-7-9-11-16)19(27-18)14-26-21(24)22(3,4)5/h7-11,15,17-20,23H,6,12-14H2,1-5H3/t15-,17?,18+,19-,20?/m0/s1. The van der Waals surface area contributed by atoms with Crippen LogP contribution in [0.4, 0.5) is 0 Å². The van der Waals surface area contributed by atoms with E-state index in [0.29, 0.717) is 19.4 Å². The fourth-order valence-corrected chi connectivity index (χ4v) is 3.22. The molecule has 5 nitrogen and oxygen atoms in total. The van der Waals surface area contributed by atoms with Gasteiger partial charge in [0.05, 0.1) is 30.3 Å². The molecule has 1 saturated heterocycles. The lowest BCUT2D eigenvalue weighted by atomic mass is 9.94. The average Bonchev–Trinajstić information content (AvgIpc) is 2.92. The Labute approximate surface area is 163 Å². The summed E-state index contributed by atoms with van der Waals surface area (Å²) in [5.74, 6) is -0.147. The SMILES string of the molecule is CCC(O)C[C@H]1O[C@@H](COC(=O)C(C)(C)C)C(OCc2ccccc2)[C@H]1C. The Morgan fingerprint density at radius 3 is 2.48 bits per heavy atom. The second kappa shape index (κ2) is 9.67. The fraction of sp³-hybridized carbons (Fsp3) is 0.682. The molecular weight excluding hydrogens is 344 g/mol. The van der Waals surface area contributed by atoms with Crippen LogP contribution in [0.3, 0.4) is 0 Å². The normalized spacial score (nSPS) is 26.7. The van der Waals surface area contributed by atoms with Gasteiger partial charge in [-0.1, -0.05) is 44.2 Å². The van der Waals surface area contributed by atoms with E-state index in [2.05, 4.69) is 6.92 Å². The Morgan fingerprint density at radius 1 is 1.22 bits per heavy atom. The lowest BCUT2D eigenvalue weighted by Crippen LogP contribution is -2.35. The lowest BCUT2D eigenvalue weighted by Gasteiger charge is -2.23. The van der Waals surface area contributed by atoms with Gasteiger partial charge in [0.25, 0.3) is 0 Å². The van der Waals surface area contributed by atoms with Gasteiger partial charge in [-0.05, 0) is 39.2 Å². The number of esters is 1. The van der Waals surface area contributed by atoms with Gasteiger partial charge < -0.3 is 19.3 Å². The van der Waals surface area contributed by atoms with Crippen LogP contribution in [0.1, 0.15) is 53.0 Å². The van der Waals surface area contributed by atoms with Crippen LogP contribution < -0.4 is 0 Å². The molecule has 1 aliphatic rings. The second-order valence-corrected chi connectivity index (χ2v) is 8.48. The zero-order chi connectivity index (χ0) is 20.0. The van der Waals surface area contributed by atoms with Gasteiger partial charge in [-0.25, -0.2) is 0 Å². The molecule has 5 atom stereocenters. The number of hydrogen-bond acceptors (Lipinski definition) is 5. The van der Waals surface area contributed by atoms with Crippen LogP contribution in [-0.4, -0.2) is 42.1 Å². The van der Waals surface area contributed by atoms with Crippen molar-refractivity contribution in [2.75, 3.05) is 6.61 Å². The zero-order valence-corrected chi connectivity index (χ0v) is 17.2. The van der Waals surface area contributed by atoms with E-state index >= 15 is 0 Å². The predicted molar refractivity (Wildman–Crippen MR) is 104 cm³/mol. The smallest absolute Gasteiger partial charge is 0.311 e. The predicted octanol–water partition coefficient (Wildman–Crippen LogP) is 3.73. The Morgan fingerprint density at radius 2 is 1.89 bits per heavy atom. The molecule has 0 spiro atoms. The number of carbonyl (C=O) groups is 1. The number of ether oxygens (including phenoxy) is 3. The molecule has 1 heterocycles. The summed E-state index contributed by atoms with van der Waals surface area (Å²) in [6.45, 7) is 10.2. The molecule has 2 rings (SSSR count). The molecule has 1 fully saturated rings. The molecule has 5 heteroatoms. The van der Waals surface area contributed by atoms with Crippen LogP contribution in [0.25, 0.3) is 0 Å². The molecular formula is C22H34O5. The van der Waals surface area contributed by atoms with Gasteiger partial charge in [0.15, 0.2) is 0 Å². The molecule has 0 aromatic heterocycles. The van der Waals surface area contributed by atoms with E-state index in [-0.39, 0.29) is 36.8 Å². The van der Waals surface area contributed by atoms with Gasteiger partial charge >= 0.3 is 5.97 Å². The first-order valence-corrected chi connectivity index (χ1v) is 9.88. The monoisotopic (exact) mass is 378 g/mol. The number of hydrogen-bond donors (Lipinski definition) is 1. The molecule has 1 aromatic carbocycles. The van der Waals surface area contributed by atoms with Crippen LogP contribution in [0.5, 0.6) is 0 Å². The summed E-state index contributed by atoms with van der Waals surface area (Å²) < 4.78 is 17.8. The van der Waals surface area contributed by atoms with E-state index in [1.165, 1.54) is 0 Å². The number of aliphatic hydroxyl groups excluding tert-OH is 1. The molecule has 152 valence electrons. The first-order valence-electron chi connectivity index (χ1n) is 9.88. The summed E-state index contributed by atoms with van der Waals surface area (Å²) in [5, 5.41) is 10.0. The first-order chi connectivity index (χ1) is 12.7. The maximum atomic E-state index is 12.1. The highest BCUT2D eigenvalue weighted by atomic mass is 16.6. The third-order valence-corrected chi connectivity index (χ3v) is 5.07. The molecule has 0 amide bonds. The van der Waals surface area contributed by atoms with Gasteiger partial charge in [0.1, 0.15) is 12.7 Å². The lowest BCUT2D eigenvalue weighted by molar-refractivity contribution is -0.159. The maximum absolute atomic E-state index is 12.1. The van der Waals surface area contributed by atoms with Gasteiger partial charge in [0.2, 0.25) is 0 Å². The second-order valence-electron chi connectivity index (χ2n) is 8.48. The molecule has 1 aromatic rings. The molecule has 0 saturated carbocycles. The minimum Gasteiger partial charge on any atom is -0.462 e. The van der Waals surface area contributed by atoms with Gasteiger partial charge in [-0.2, -0.15) is 0 Å². The van der Waals surface area contributed by atoms with Gasteiger partial charge in [0, 0.05) is 5.92 Å². The number of rotatable bonds is 8. The topological polar surface area (TPSA) is 65.0 Å². The molecule has 2 unspecified atom stereocenters. The van der Waals surface area contributed by atoms with E-state index in [4.69, 9.17) is 14.2 Å². The van der Waals surface area contributed by atoms with E-state index in [1.54, 1.807) is 0 Å². The van der Waals surface area contributed by atoms with Crippen LogP contribution in [0.15, 0.2) is 30.3 Å². The summed E-state index contributed by atoms with van der Waals surface area (Å²) in [4.78, 5) is 12.1. The quantitative estimate of drug-likeness (QED) is 0.699. The molecule has 1 N–H and O–H groups in total. The van der Waals surface area contributed by atoms with Gasteiger partial charge in [-0.15, -0.1) is 0 Å². The number of aliphatic hydroxyl groups is 1. The van der Waals surface area contributed by atoms with Crippen LogP contribution >= 0.6 is 0 Å². The minimum absolute atomic E-state index is 0.105. The van der Waals surface area contributed by atoms with E-state index < -0.39 is 11.5 Å². The first kappa shape index (κ1) is 21.9. The van der Waals surface area contributed by atoms with Crippen molar-refractivity contribution in [2.24, 2.45) is 11.3 Å². The number of benzene rings is 1. The van der Waals surface area contributed by atoms with Crippen LogP contribution in [0.2, 0.25) is 0 Å². The highest BCUT2D eigenvalue weighted by Gasteiger charge is 2.44. The van der Waals surface area contributed by atoms with Crippen molar-refractivity contribution in [1.29, 1.82) is 0 Å². The maximum Gasteiger partial charge on any atom is 0.311 e. The Bertz CT molecular complexity index is 580. The number of carbonyl (C=O) groups excluding carboxylic acids is 1. The average molecular weight is 379 g/mol. The van der Waals surface area contributed by atoms with Crippen LogP contribution in [0, 0.1) is 11.3 Å². The molecule has 27 heavy (non-hydrogen) atoms. The van der Waals surface area contributed by atoms with E-state index in [1.807, 2.05) is 58.0 Å². The Hall–Kier alpha value is -1.43. The summed E-state index contributed by atoms with van der Waals surface area (Å²) in [6, 6.07) is 9.98. The van der Waals surface area contributed by atoms with Crippen molar-refractivity contribution >= 4 is 5.97 Å². The molecule has 0 radical (unpaired) electrons. The largest absolute Gasteiger partial charge is 0.462 e. The fourth-order valence-electron chi connectivity index (χ4n) is 3.22. The van der Waals surface area contributed by atoms with Crippen molar-refractivity contribution < 1.29 is 24.1 Å². The third-order valence-electron chi connectivity index (χ3n) is 5.07. The minimum atomic E-state index is -0.553. The summed E-state index contributed by atoms with van der Waals surface area (Å²) in [6.07, 6.45) is 0.219. The zero-order valence-electron chi connectivity index (χ0n) is 17.2. The molecule has 1 aliphatic heterocycles. The Kier molecular flexibility index (Phi) is 7.83. The van der Waals surface area contributed by atoms with Gasteiger partial charge in [-0.3, -0.25) is 4.79 Å². The Balaban J connectivity index is 2.03. The highest BCUT2D eigenvalue weighted by Crippen LogP contribution is 2.33. The van der Waals surface area contributed by atoms with Crippen molar-refractivity contribution in [3.05, 3.63) is 35.9 Å². The summed E-state index contributed by atoms with van der Waals surface area (Å²) in [5.41, 5.74) is 0.537. The van der Waals surface area contributed by atoms with E-state index in [0.717, 1.165) is 5.56 Å².